The maximum atomic E-state index is 4.58. The van der Waals surface area contributed by atoms with Gasteiger partial charge in [0, 0.05) is 0 Å². The fourth-order valence-electron chi connectivity index (χ4n) is 0. The third-order valence-electron chi connectivity index (χ3n) is 0. The second kappa shape index (κ2) is 38.3. The van der Waals surface area contributed by atoms with E-state index in [1.807, 2.05) is 0 Å². The molecular formula is H5AuClNaO2. The van der Waals surface area contributed by atoms with E-state index in [0.717, 1.165) is 0 Å². The van der Waals surface area contributed by atoms with Gasteiger partial charge in [0.1, 0.15) is 0 Å². The van der Waals surface area contributed by atoms with Gasteiger partial charge in [0.05, 0.1) is 0 Å². The SMILES string of the molecule is O.O.[Cl][Au].[H-].[Na+]. The normalized spacial score (nSPS) is 1.40. The first-order valence-corrected chi connectivity index (χ1v) is 2.80. The zero-order valence-electron chi connectivity index (χ0n) is 3.68. The van der Waals surface area contributed by atoms with Crippen molar-refractivity contribution >= 4 is 9.19 Å². The molecule has 0 aromatic rings. The molecule has 5 heavy (non-hydrogen) atoms. The number of halogens is 1. The zero-order valence-corrected chi connectivity index (χ0v) is 7.60. The summed E-state index contributed by atoms with van der Waals surface area (Å²) < 4.78 is 0. The van der Waals surface area contributed by atoms with E-state index >= 15 is 0 Å². The summed E-state index contributed by atoms with van der Waals surface area (Å²) in [6.45, 7) is 0. The Morgan fingerprint density at radius 2 is 1.20 bits per heavy atom. The summed E-state index contributed by atoms with van der Waals surface area (Å²) in [5.74, 6) is 0. The van der Waals surface area contributed by atoms with Crippen LogP contribution < -0.4 is 29.6 Å². The van der Waals surface area contributed by atoms with E-state index in [1.165, 1.54) is 0 Å². The van der Waals surface area contributed by atoms with Crippen molar-refractivity contribution in [3.8, 4) is 0 Å². The van der Waals surface area contributed by atoms with E-state index in [-0.39, 0.29) is 41.9 Å². The van der Waals surface area contributed by atoms with Gasteiger partial charge in [-0.1, -0.05) is 0 Å². The minimum Gasteiger partial charge on any atom is -1.00 e. The number of hydrogen-bond donors (Lipinski definition) is 0. The maximum absolute atomic E-state index is 4.58. The van der Waals surface area contributed by atoms with Crippen LogP contribution in [0.25, 0.3) is 0 Å². The molecule has 0 spiro atoms. The molecule has 0 saturated carbocycles. The van der Waals surface area contributed by atoms with Gasteiger partial charge >= 0.3 is 58.7 Å². The van der Waals surface area contributed by atoms with Crippen LogP contribution in [-0.2, 0) is 20.0 Å². The smallest absolute Gasteiger partial charge is 1.00 e. The fourth-order valence-corrected chi connectivity index (χ4v) is 0. The Morgan fingerprint density at radius 3 is 1.20 bits per heavy atom. The Balaban J connectivity index is -0.000000000833. The van der Waals surface area contributed by atoms with Gasteiger partial charge in [-0.25, -0.2) is 0 Å². The van der Waals surface area contributed by atoms with Crippen molar-refractivity contribution in [3.63, 3.8) is 0 Å². The molecule has 2 nitrogen and oxygen atoms in total. The van der Waals surface area contributed by atoms with Crippen LogP contribution in [0, 0.1) is 0 Å². The van der Waals surface area contributed by atoms with E-state index in [9.17, 15) is 0 Å². The predicted octanol–water partition coefficient (Wildman–Crippen LogP) is -3.85. The van der Waals surface area contributed by atoms with E-state index < -0.39 is 0 Å². The Bertz CT molecular complexity index is 13.5. The molecule has 0 aliphatic carbocycles. The largest absolute Gasteiger partial charge is 1.00 e. The van der Waals surface area contributed by atoms with Gasteiger partial charge in [-0.05, 0) is 0 Å². The van der Waals surface area contributed by atoms with Crippen LogP contribution >= 0.6 is 9.19 Å². The molecule has 0 aromatic heterocycles. The average Bonchev–Trinajstić information content (AvgIpc) is 1.00. The van der Waals surface area contributed by atoms with Gasteiger partial charge in [-0.15, -0.1) is 0 Å². The summed E-state index contributed by atoms with van der Waals surface area (Å²) in [4.78, 5) is 0. The van der Waals surface area contributed by atoms with E-state index in [2.05, 4.69) is 9.19 Å². The van der Waals surface area contributed by atoms with Crippen LogP contribution in [0.2, 0.25) is 0 Å². The first-order chi connectivity index (χ1) is 1.00. The van der Waals surface area contributed by atoms with Gasteiger partial charge in [0.2, 0.25) is 0 Å². The average molecular weight is 292 g/mol. The summed E-state index contributed by atoms with van der Waals surface area (Å²) in [6.07, 6.45) is 0. The maximum Gasteiger partial charge on any atom is 1.00 e. The quantitative estimate of drug-likeness (QED) is 0.411. The van der Waals surface area contributed by atoms with Crippen molar-refractivity contribution in [2.24, 2.45) is 0 Å². The van der Waals surface area contributed by atoms with Crippen LogP contribution in [0.4, 0.5) is 0 Å². The van der Waals surface area contributed by atoms with Crippen LogP contribution in [0.15, 0.2) is 0 Å². The molecule has 0 unspecified atom stereocenters. The van der Waals surface area contributed by atoms with E-state index in [4.69, 9.17) is 0 Å². The predicted molar refractivity (Wildman–Crippen MR) is 14.2 cm³/mol. The number of rotatable bonds is 0. The molecule has 0 saturated heterocycles. The third kappa shape index (κ3) is 24.4. The van der Waals surface area contributed by atoms with Crippen molar-refractivity contribution in [1.29, 1.82) is 0 Å². The molecule has 0 aliphatic heterocycles. The first-order valence-electron chi connectivity index (χ1n) is 0.114. The van der Waals surface area contributed by atoms with E-state index in [0.29, 0.717) is 0 Å². The molecule has 4 N–H and O–H groups in total. The minimum atomic E-state index is 0. The van der Waals surface area contributed by atoms with Gasteiger partial charge in [0.15, 0.2) is 0 Å². The van der Waals surface area contributed by atoms with Crippen LogP contribution in [-0.4, -0.2) is 11.0 Å². The number of hydrogen-bond acceptors (Lipinski definition) is 0. The Kier molecular flexibility index (Phi) is 217. The van der Waals surface area contributed by atoms with Crippen molar-refractivity contribution in [1.82, 2.24) is 0 Å². The molecule has 0 rings (SSSR count). The molecular weight excluding hydrogens is 287 g/mol. The zero-order chi connectivity index (χ0) is 2.00. The second-order valence-electron chi connectivity index (χ2n) is 0. The van der Waals surface area contributed by atoms with Crippen molar-refractivity contribution in [3.05, 3.63) is 0 Å². The van der Waals surface area contributed by atoms with Gasteiger partial charge < -0.3 is 12.4 Å². The van der Waals surface area contributed by atoms with Crippen molar-refractivity contribution < 1.29 is 61.9 Å². The van der Waals surface area contributed by atoms with E-state index in [1.54, 1.807) is 20.0 Å². The molecule has 5 heteroatoms. The molecule has 0 aliphatic rings. The van der Waals surface area contributed by atoms with Crippen LogP contribution in [0.5, 0.6) is 0 Å². The molecule has 0 bridgehead atoms. The van der Waals surface area contributed by atoms with Crippen molar-refractivity contribution in [2.75, 3.05) is 0 Å². The molecule has 0 radical (unpaired) electrons. The summed E-state index contributed by atoms with van der Waals surface area (Å²) in [6, 6.07) is 0. The van der Waals surface area contributed by atoms with Crippen molar-refractivity contribution in [2.45, 2.75) is 0 Å². The molecule has 0 aromatic carbocycles. The summed E-state index contributed by atoms with van der Waals surface area (Å²) in [5.41, 5.74) is 0. The standard InChI is InChI=1S/Au.ClH.Na.2H2O.H/h;1H;;2*1H2;/q+1;;+1;;;-1/p-1. The minimum absolute atomic E-state index is 0. The first kappa shape index (κ1) is 28.3. The Morgan fingerprint density at radius 1 is 1.20 bits per heavy atom. The van der Waals surface area contributed by atoms with Crippen LogP contribution in [0.3, 0.4) is 0 Å². The van der Waals surface area contributed by atoms with Gasteiger partial charge in [0.25, 0.3) is 0 Å². The molecule has 0 fully saturated rings. The molecule has 0 amide bonds. The molecule has 0 heterocycles. The monoisotopic (exact) mass is 292 g/mol. The topological polar surface area (TPSA) is 63.0 Å². The summed E-state index contributed by atoms with van der Waals surface area (Å²) in [7, 11) is 4.58. The fraction of sp³-hybridized carbons (Fsp3) is 0. The summed E-state index contributed by atoms with van der Waals surface area (Å²) >= 11 is 1.75. The molecule has 0 atom stereocenters. The van der Waals surface area contributed by atoms with Gasteiger partial charge in [-0.2, -0.15) is 0 Å². The Hall–Kier alpha value is 1.95. The molecule has 36 valence electrons. The Labute approximate surface area is 70.4 Å². The second-order valence-corrected chi connectivity index (χ2v) is 0. The van der Waals surface area contributed by atoms with Gasteiger partial charge in [-0.3, -0.25) is 0 Å². The summed E-state index contributed by atoms with van der Waals surface area (Å²) in [5, 5.41) is 0. The van der Waals surface area contributed by atoms with Crippen LogP contribution in [0.1, 0.15) is 1.43 Å². The third-order valence-corrected chi connectivity index (χ3v) is 0.